The maximum absolute atomic E-state index is 11.3. The highest BCUT2D eigenvalue weighted by Crippen LogP contribution is 2.68. The van der Waals surface area contributed by atoms with Crippen molar-refractivity contribution in [2.75, 3.05) is 19.0 Å². The Morgan fingerprint density at radius 3 is 2.05 bits per heavy atom. The van der Waals surface area contributed by atoms with Crippen LogP contribution in [-0.4, -0.2) is 59.8 Å². The van der Waals surface area contributed by atoms with Gasteiger partial charge in [0.25, 0.3) is 5.08 Å². The van der Waals surface area contributed by atoms with Crippen molar-refractivity contribution in [3.05, 3.63) is 4.91 Å². The van der Waals surface area contributed by atoms with E-state index in [1.165, 1.54) is 0 Å². The van der Waals surface area contributed by atoms with Crippen molar-refractivity contribution in [1.82, 2.24) is 10.3 Å². The minimum absolute atomic E-state index is 0.117. The van der Waals surface area contributed by atoms with E-state index in [1.54, 1.807) is 0 Å². The third-order valence-corrected chi connectivity index (χ3v) is 6.34. The molecule has 124 valence electrons. The molecule has 2 amide bonds. The van der Waals surface area contributed by atoms with Gasteiger partial charge in [-0.25, -0.2) is 4.79 Å². The molecule has 15 heteroatoms. The standard InChI is InChI=1S/C6H14ClN3O9P2/c7-2-4-10(9-13)5(11)8-3-1-6(12,20(14,15)16)21(17,18)19/h12H,1-4H2,(H,8,11)(H2,14,15,16)(H2,17,18,19). The molecule has 0 aromatic rings. The molecular formula is C6H14ClN3O9P2. The highest BCUT2D eigenvalue weighted by Gasteiger charge is 2.58. The van der Waals surface area contributed by atoms with Crippen molar-refractivity contribution < 1.29 is 38.6 Å². The molecule has 0 saturated heterocycles. The molecule has 0 radical (unpaired) electrons. The lowest BCUT2D eigenvalue weighted by atomic mass is 10.4. The summed E-state index contributed by atoms with van der Waals surface area (Å²) in [6, 6.07) is -1.11. The number of halogens is 1. The van der Waals surface area contributed by atoms with E-state index in [9.17, 15) is 23.9 Å². The first kappa shape index (κ1) is 20.4. The Kier molecular flexibility index (Phi) is 7.40. The largest absolute Gasteiger partial charge is 0.369 e. The summed E-state index contributed by atoms with van der Waals surface area (Å²) in [4.78, 5) is 57.0. The predicted octanol–water partition coefficient (Wildman–Crippen LogP) is -0.690. The van der Waals surface area contributed by atoms with E-state index in [-0.39, 0.29) is 12.4 Å². The second-order valence-corrected chi connectivity index (χ2v) is 8.12. The second kappa shape index (κ2) is 7.61. The number of aliphatic hydroxyl groups is 1. The van der Waals surface area contributed by atoms with Crippen LogP contribution in [0.1, 0.15) is 6.42 Å². The number of nitroso groups, excluding NO2 is 1. The smallest absolute Gasteiger partial charge is 0.367 e. The minimum Gasteiger partial charge on any atom is -0.367 e. The normalized spacial score (nSPS) is 12.9. The molecule has 0 aliphatic heterocycles. The molecule has 0 saturated carbocycles. The summed E-state index contributed by atoms with van der Waals surface area (Å²) in [6.45, 7) is -0.988. The topological polar surface area (TPSA) is 197 Å². The van der Waals surface area contributed by atoms with Gasteiger partial charge in [0.1, 0.15) is 0 Å². The fourth-order valence-corrected chi connectivity index (χ4v) is 3.47. The van der Waals surface area contributed by atoms with Crippen LogP contribution in [0.25, 0.3) is 0 Å². The molecule has 0 aromatic carbocycles. The van der Waals surface area contributed by atoms with E-state index in [0.717, 1.165) is 0 Å². The van der Waals surface area contributed by atoms with E-state index in [4.69, 9.17) is 31.2 Å². The molecule has 0 heterocycles. The highest BCUT2D eigenvalue weighted by atomic mass is 35.5. The Morgan fingerprint density at radius 1 is 1.24 bits per heavy atom. The van der Waals surface area contributed by atoms with Crippen LogP contribution in [0.15, 0.2) is 5.29 Å². The first-order chi connectivity index (χ1) is 9.40. The monoisotopic (exact) mass is 369 g/mol. The number of carbonyl (C=O) groups is 1. The number of amides is 2. The number of hydrogen-bond acceptors (Lipinski definition) is 6. The Hall–Kier alpha value is -0.580. The molecule has 0 aliphatic carbocycles. The molecule has 0 aliphatic rings. The third kappa shape index (κ3) is 5.28. The van der Waals surface area contributed by atoms with Crippen LogP contribution in [0.5, 0.6) is 0 Å². The van der Waals surface area contributed by atoms with Crippen molar-refractivity contribution in [1.29, 1.82) is 0 Å². The van der Waals surface area contributed by atoms with Gasteiger partial charge in [0.2, 0.25) is 0 Å². The van der Waals surface area contributed by atoms with Crippen LogP contribution in [0.3, 0.4) is 0 Å². The van der Waals surface area contributed by atoms with Crippen LogP contribution in [0.2, 0.25) is 0 Å². The first-order valence-corrected chi connectivity index (χ1v) is 8.95. The summed E-state index contributed by atoms with van der Waals surface area (Å²) < 4.78 is 22.0. The Labute approximate surface area is 123 Å². The molecule has 0 bridgehead atoms. The number of hydrogen-bond donors (Lipinski definition) is 6. The van der Waals surface area contributed by atoms with Gasteiger partial charge in [-0.15, -0.1) is 16.5 Å². The zero-order valence-corrected chi connectivity index (χ0v) is 12.9. The molecule has 0 atom stereocenters. The lowest BCUT2D eigenvalue weighted by Crippen LogP contribution is -2.40. The first-order valence-electron chi connectivity index (χ1n) is 5.19. The molecule has 0 fully saturated rings. The molecule has 12 nitrogen and oxygen atoms in total. The lowest BCUT2D eigenvalue weighted by molar-refractivity contribution is 0.122. The van der Waals surface area contributed by atoms with Gasteiger partial charge in [-0.05, 0) is 0 Å². The van der Waals surface area contributed by atoms with E-state index in [0.29, 0.717) is 5.01 Å². The lowest BCUT2D eigenvalue weighted by Gasteiger charge is -2.29. The van der Waals surface area contributed by atoms with Gasteiger partial charge in [-0.2, -0.15) is 5.01 Å². The number of rotatable bonds is 8. The SMILES string of the molecule is O=NN(CCCl)C(=O)NCCC(O)(P(=O)(O)O)P(=O)(O)O. The van der Waals surface area contributed by atoms with Crippen LogP contribution in [-0.2, 0) is 9.13 Å². The average molecular weight is 370 g/mol. The van der Waals surface area contributed by atoms with Crippen molar-refractivity contribution in [2.24, 2.45) is 5.29 Å². The summed E-state index contributed by atoms with van der Waals surface area (Å²) in [5.74, 6) is -0.117. The Balaban J connectivity index is 4.83. The van der Waals surface area contributed by atoms with Crippen LogP contribution >= 0.6 is 26.8 Å². The zero-order chi connectivity index (χ0) is 16.9. The molecule has 21 heavy (non-hydrogen) atoms. The summed E-state index contributed by atoms with van der Waals surface area (Å²) in [6.07, 6.45) is -1.15. The molecule has 0 unspecified atom stereocenters. The Bertz CT molecular complexity index is 454. The van der Waals surface area contributed by atoms with Gasteiger partial charge < -0.3 is 30.0 Å². The van der Waals surface area contributed by atoms with Crippen LogP contribution in [0, 0.1) is 4.91 Å². The van der Waals surface area contributed by atoms with Gasteiger partial charge >= 0.3 is 21.2 Å². The molecule has 6 N–H and O–H groups in total. The van der Waals surface area contributed by atoms with Crippen LogP contribution in [0.4, 0.5) is 4.79 Å². The minimum atomic E-state index is -5.59. The zero-order valence-electron chi connectivity index (χ0n) is 10.4. The number of nitrogens with one attached hydrogen (secondary N) is 1. The molecule has 0 spiro atoms. The van der Waals surface area contributed by atoms with E-state index < -0.39 is 39.3 Å². The molecule has 0 aromatic heterocycles. The third-order valence-electron chi connectivity index (χ3n) is 2.30. The van der Waals surface area contributed by atoms with Crippen molar-refractivity contribution in [3.63, 3.8) is 0 Å². The molecular weight excluding hydrogens is 355 g/mol. The maximum Gasteiger partial charge on any atom is 0.369 e. The predicted molar refractivity (Wildman–Crippen MR) is 70.3 cm³/mol. The quantitative estimate of drug-likeness (QED) is 0.139. The fourth-order valence-electron chi connectivity index (χ4n) is 1.15. The van der Waals surface area contributed by atoms with E-state index in [2.05, 4.69) is 5.29 Å². The Morgan fingerprint density at radius 2 is 1.71 bits per heavy atom. The van der Waals surface area contributed by atoms with Crippen molar-refractivity contribution >= 4 is 32.8 Å². The summed E-state index contributed by atoms with van der Waals surface area (Å²) >= 11 is 5.28. The van der Waals surface area contributed by atoms with E-state index in [1.807, 2.05) is 5.32 Å². The van der Waals surface area contributed by atoms with E-state index >= 15 is 0 Å². The maximum atomic E-state index is 11.3. The summed E-state index contributed by atoms with van der Waals surface area (Å²) in [7, 11) is -11.2. The fraction of sp³-hybridized carbons (Fsp3) is 0.833. The van der Waals surface area contributed by atoms with Gasteiger partial charge in [0.05, 0.1) is 11.8 Å². The highest BCUT2D eigenvalue weighted by molar-refractivity contribution is 7.72. The number of nitrogens with zero attached hydrogens (tertiary/aromatic N) is 2. The van der Waals surface area contributed by atoms with Crippen molar-refractivity contribution in [2.45, 2.75) is 11.5 Å². The van der Waals surface area contributed by atoms with Gasteiger partial charge in [0.15, 0.2) is 0 Å². The number of alkyl halides is 1. The number of carbonyl (C=O) groups excluding carboxylic acids is 1. The average Bonchev–Trinajstić information content (AvgIpc) is 2.32. The summed E-state index contributed by atoms with van der Waals surface area (Å²) in [5, 5.41) is 10.4. The van der Waals surface area contributed by atoms with Gasteiger partial charge in [-0.1, -0.05) is 0 Å². The number of urea groups is 1. The van der Waals surface area contributed by atoms with Gasteiger partial charge in [-0.3, -0.25) is 9.13 Å². The molecule has 0 rings (SSSR count). The second-order valence-electron chi connectivity index (χ2n) is 3.74. The summed E-state index contributed by atoms with van der Waals surface area (Å²) in [5.41, 5.74) is 0. The van der Waals surface area contributed by atoms with Crippen LogP contribution < -0.4 is 5.32 Å². The van der Waals surface area contributed by atoms with Gasteiger partial charge in [0, 0.05) is 18.8 Å². The van der Waals surface area contributed by atoms with Crippen molar-refractivity contribution in [3.8, 4) is 0 Å².